The smallest absolute Gasteiger partial charge is 0.236 e. The van der Waals surface area contributed by atoms with E-state index >= 15 is 0 Å². The number of hydrogen-bond acceptors (Lipinski definition) is 3. The lowest BCUT2D eigenvalue weighted by Gasteiger charge is -2.34. The average molecular weight is 294 g/mol. The molecule has 2 unspecified atom stereocenters. The van der Waals surface area contributed by atoms with Crippen LogP contribution < -0.4 is 0 Å². The molecule has 4 nitrogen and oxygen atoms in total. The number of likely N-dealkylation sites (N-methyl/N-ethyl adjacent to an activating group) is 1. The van der Waals surface area contributed by atoms with Crippen molar-refractivity contribution in [1.82, 2.24) is 9.80 Å². The molecule has 5 heteroatoms. The van der Waals surface area contributed by atoms with Gasteiger partial charge in [-0.15, -0.1) is 0 Å². The molecule has 1 aromatic rings. The maximum atomic E-state index is 12.8. The van der Waals surface area contributed by atoms with Gasteiger partial charge in [0.1, 0.15) is 5.82 Å². The summed E-state index contributed by atoms with van der Waals surface area (Å²) in [6.45, 7) is 4.21. The number of aliphatic hydroxyl groups excluding tert-OH is 1. The van der Waals surface area contributed by atoms with Crippen LogP contribution in [0.15, 0.2) is 24.3 Å². The van der Waals surface area contributed by atoms with Crippen molar-refractivity contribution in [2.75, 3.05) is 26.7 Å². The van der Waals surface area contributed by atoms with Crippen molar-refractivity contribution in [1.29, 1.82) is 0 Å². The molecule has 2 rings (SSSR count). The number of hydrogen-bond donors (Lipinski definition) is 1. The maximum Gasteiger partial charge on any atom is 0.236 e. The summed E-state index contributed by atoms with van der Waals surface area (Å²) in [6.07, 6.45) is 0.560. The Kier molecular flexibility index (Phi) is 5.31. The normalized spacial score (nSPS) is 23.0. The van der Waals surface area contributed by atoms with Crippen LogP contribution in [0.3, 0.4) is 0 Å². The second kappa shape index (κ2) is 7.00. The van der Waals surface area contributed by atoms with E-state index in [2.05, 4.69) is 0 Å². The molecule has 1 amide bonds. The summed E-state index contributed by atoms with van der Waals surface area (Å²) < 4.78 is 12.8. The highest BCUT2D eigenvalue weighted by Crippen LogP contribution is 2.17. The van der Waals surface area contributed by atoms with Crippen molar-refractivity contribution in [3.05, 3.63) is 35.6 Å². The summed E-state index contributed by atoms with van der Waals surface area (Å²) >= 11 is 0. The van der Waals surface area contributed by atoms with Crippen molar-refractivity contribution in [2.24, 2.45) is 5.92 Å². The Hall–Kier alpha value is -1.46. The summed E-state index contributed by atoms with van der Waals surface area (Å²) in [5.41, 5.74) is 0.902. The van der Waals surface area contributed by atoms with Crippen LogP contribution in [0.2, 0.25) is 0 Å². The first-order valence-corrected chi connectivity index (χ1v) is 7.34. The Labute approximate surface area is 125 Å². The molecule has 1 fully saturated rings. The third kappa shape index (κ3) is 4.51. The molecular formula is C16H23FN2O2. The predicted octanol–water partition coefficient (Wildman–Crippen LogP) is 1.49. The number of piperidine rings is 1. The van der Waals surface area contributed by atoms with Crippen molar-refractivity contribution in [3.8, 4) is 0 Å². The van der Waals surface area contributed by atoms with Crippen LogP contribution in [0.4, 0.5) is 4.39 Å². The summed E-state index contributed by atoms with van der Waals surface area (Å²) in [5, 5.41) is 9.86. The van der Waals surface area contributed by atoms with E-state index in [1.165, 1.54) is 12.1 Å². The van der Waals surface area contributed by atoms with E-state index in [-0.39, 0.29) is 17.8 Å². The topological polar surface area (TPSA) is 43.8 Å². The standard InChI is InChI=1S/C16H23FN2O2/c1-12-7-8-19(10-15(12)20)11-16(21)18(2)9-13-3-5-14(17)6-4-13/h3-6,12,15,20H,7-11H2,1-2H3. The molecule has 0 radical (unpaired) electrons. The number of carbonyl (C=O) groups excluding carboxylic acids is 1. The number of aliphatic hydroxyl groups is 1. The zero-order valence-corrected chi connectivity index (χ0v) is 12.6. The minimum Gasteiger partial charge on any atom is -0.392 e. The van der Waals surface area contributed by atoms with Gasteiger partial charge in [-0.1, -0.05) is 19.1 Å². The van der Waals surface area contributed by atoms with Crippen LogP contribution in [0, 0.1) is 11.7 Å². The first kappa shape index (κ1) is 15.9. The highest BCUT2D eigenvalue weighted by Gasteiger charge is 2.26. The molecular weight excluding hydrogens is 271 g/mol. The quantitative estimate of drug-likeness (QED) is 0.915. The number of β-amino-alcohol motifs (C(OH)–C–C–N with tert-alkyl or cyclic N) is 1. The highest BCUT2D eigenvalue weighted by atomic mass is 19.1. The maximum absolute atomic E-state index is 12.8. The number of amides is 1. The van der Waals surface area contributed by atoms with Crippen LogP contribution in [-0.2, 0) is 11.3 Å². The molecule has 1 aromatic carbocycles. The van der Waals surface area contributed by atoms with Gasteiger partial charge in [0.05, 0.1) is 12.6 Å². The van der Waals surface area contributed by atoms with E-state index in [9.17, 15) is 14.3 Å². The zero-order valence-electron chi connectivity index (χ0n) is 12.6. The molecule has 1 heterocycles. The average Bonchev–Trinajstić information content (AvgIpc) is 2.45. The van der Waals surface area contributed by atoms with E-state index in [0.29, 0.717) is 25.6 Å². The van der Waals surface area contributed by atoms with Gasteiger partial charge in [0.2, 0.25) is 5.91 Å². The molecule has 116 valence electrons. The number of likely N-dealkylation sites (tertiary alicyclic amines) is 1. The summed E-state index contributed by atoms with van der Waals surface area (Å²) in [5.74, 6) is 0.0403. The van der Waals surface area contributed by atoms with Gasteiger partial charge >= 0.3 is 0 Å². The van der Waals surface area contributed by atoms with E-state index in [4.69, 9.17) is 0 Å². The lowest BCUT2D eigenvalue weighted by atomic mass is 9.96. The second-order valence-corrected chi connectivity index (χ2v) is 5.94. The largest absolute Gasteiger partial charge is 0.392 e. The fourth-order valence-corrected chi connectivity index (χ4v) is 2.52. The van der Waals surface area contributed by atoms with Crippen molar-refractivity contribution < 1.29 is 14.3 Å². The number of benzene rings is 1. The van der Waals surface area contributed by atoms with Gasteiger partial charge in [-0.25, -0.2) is 4.39 Å². The number of carbonyl (C=O) groups is 1. The molecule has 2 atom stereocenters. The third-order valence-electron chi connectivity index (χ3n) is 4.12. The third-order valence-corrected chi connectivity index (χ3v) is 4.12. The van der Waals surface area contributed by atoms with Gasteiger partial charge in [0.25, 0.3) is 0 Å². The summed E-state index contributed by atoms with van der Waals surface area (Å²) in [7, 11) is 1.74. The fourth-order valence-electron chi connectivity index (χ4n) is 2.52. The molecule has 1 saturated heterocycles. The van der Waals surface area contributed by atoms with Crippen LogP contribution in [0.1, 0.15) is 18.9 Å². The monoisotopic (exact) mass is 294 g/mol. The first-order chi connectivity index (χ1) is 9.95. The lowest BCUT2D eigenvalue weighted by molar-refractivity contribution is -0.132. The predicted molar refractivity (Wildman–Crippen MR) is 79.1 cm³/mol. The van der Waals surface area contributed by atoms with Crippen molar-refractivity contribution in [2.45, 2.75) is 26.0 Å². The number of nitrogens with zero attached hydrogens (tertiary/aromatic N) is 2. The van der Waals surface area contributed by atoms with Gasteiger partial charge in [0.15, 0.2) is 0 Å². The van der Waals surface area contributed by atoms with E-state index in [0.717, 1.165) is 18.5 Å². The SMILES string of the molecule is CC1CCN(CC(=O)N(C)Cc2ccc(F)cc2)CC1O. The molecule has 0 saturated carbocycles. The Morgan fingerprint density at radius 3 is 2.71 bits per heavy atom. The minimum atomic E-state index is -0.353. The fraction of sp³-hybridized carbons (Fsp3) is 0.562. The van der Waals surface area contributed by atoms with Crippen LogP contribution in [0.25, 0.3) is 0 Å². The summed E-state index contributed by atoms with van der Waals surface area (Å²) in [6, 6.07) is 6.17. The number of rotatable bonds is 4. The molecule has 1 aliphatic rings. The zero-order chi connectivity index (χ0) is 15.4. The highest BCUT2D eigenvalue weighted by molar-refractivity contribution is 5.78. The Morgan fingerprint density at radius 2 is 2.10 bits per heavy atom. The van der Waals surface area contributed by atoms with Gasteiger partial charge in [-0.2, -0.15) is 0 Å². The minimum absolute atomic E-state index is 0.0149. The van der Waals surface area contributed by atoms with E-state index < -0.39 is 0 Å². The van der Waals surface area contributed by atoms with Gasteiger partial charge in [0, 0.05) is 20.1 Å². The van der Waals surface area contributed by atoms with Crippen LogP contribution in [-0.4, -0.2) is 53.6 Å². The van der Waals surface area contributed by atoms with E-state index in [1.807, 2.05) is 11.8 Å². The Balaban J connectivity index is 1.83. The van der Waals surface area contributed by atoms with Gasteiger partial charge < -0.3 is 10.0 Å². The number of halogens is 1. The van der Waals surface area contributed by atoms with Gasteiger partial charge in [-0.3, -0.25) is 9.69 Å². The molecule has 0 aliphatic carbocycles. The molecule has 0 bridgehead atoms. The Morgan fingerprint density at radius 1 is 1.43 bits per heavy atom. The molecule has 1 N–H and O–H groups in total. The second-order valence-electron chi connectivity index (χ2n) is 5.94. The van der Waals surface area contributed by atoms with Crippen molar-refractivity contribution >= 4 is 5.91 Å². The van der Waals surface area contributed by atoms with E-state index in [1.54, 1.807) is 24.1 Å². The Bertz CT molecular complexity index is 478. The molecule has 0 aromatic heterocycles. The van der Waals surface area contributed by atoms with Gasteiger partial charge in [-0.05, 0) is 36.6 Å². The van der Waals surface area contributed by atoms with Crippen LogP contribution in [0.5, 0.6) is 0 Å². The molecule has 21 heavy (non-hydrogen) atoms. The summed E-state index contributed by atoms with van der Waals surface area (Å²) in [4.78, 5) is 15.8. The van der Waals surface area contributed by atoms with Crippen molar-refractivity contribution in [3.63, 3.8) is 0 Å². The molecule has 1 aliphatic heterocycles. The lowest BCUT2D eigenvalue weighted by Crippen LogP contribution is -2.47. The molecule has 0 spiro atoms. The van der Waals surface area contributed by atoms with Crippen LogP contribution >= 0.6 is 0 Å². The first-order valence-electron chi connectivity index (χ1n) is 7.34.